The molecule has 0 spiro atoms. The lowest BCUT2D eigenvalue weighted by Crippen LogP contribution is -2.56. The molecule has 1 saturated heterocycles. The monoisotopic (exact) mass is 277 g/mol. The van der Waals surface area contributed by atoms with Crippen LogP contribution >= 0.6 is 0 Å². The van der Waals surface area contributed by atoms with Crippen LogP contribution in [0.2, 0.25) is 0 Å². The zero-order valence-corrected chi connectivity index (χ0v) is 10.3. The molecule has 10 nitrogen and oxygen atoms in total. The molecule has 3 rings (SSSR count). The van der Waals surface area contributed by atoms with Gasteiger partial charge in [0.1, 0.15) is 6.04 Å². The van der Waals surface area contributed by atoms with Gasteiger partial charge in [-0.1, -0.05) is 0 Å². The summed E-state index contributed by atoms with van der Waals surface area (Å²) in [5.74, 6) is -0.883. The Hall–Kier alpha value is -2.78. The molecule has 1 unspecified atom stereocenters. The Morgan fingerprint density at radius 2 is 2.35 bits per heavy atom. The number of hydrogen-bond donors (Lipinski definition) is 2. The van der Waals surface area contributed by atoms with Gasteiger partial charge < -0.3 is 15.3 Å². The zero-order valence-electron chi connectivity index (χ0n) is 10.3. The van der Waals surface area contributed by atoms with E-state index in [1.807, 2.05) is 0 Å². The van der Waals surface area contributed by atoms with E-state index in [1.54, 1.807) is 4.90 Å². The largest absolute Gasteiger partial charge is 0.481 e. The van der Waals surface area contributed by atoms with Gasteiger partial charge >= 0.3 is 5.97 Å². The summed E-state index contributed by atoms with van der Waals surface area (Å²) in [4.78, 5) is 28.5. The summed E-state index contributed by atoms with van der Waals surface area (Å²) >= 11 is 0. The van der Waals surface area contributed by atoms with Crippen molar-refractivity contribution in [3.63, 3.8) is 0 Å². The minimum absolute atomic E-state index is 0.301. The number of tetrazole rings is 1. The van der Waals surface area contributed by atoms with Gasteiger partial charge in [-0.05, 0) is 10.4 Å². The van der Waals surface area contributed by atoms with Crippen LogP contribution in [0.15, 0.2) is 12.4 Å². The normalized spacial score (nSPS) is 19.1. The predicted molar refractivity (Wildman–Crippen MR) is 65.0 cm³/mol. The van der Waals surface area contributed by atoms with Gasteiger partial charge in [-0.3, -0.25) is 14.6 Å². The summed E-state index contributed by atoms with van der Waals surface area (Å²) in [6.45, 7) is 0.887. The molecule has 3 heterocycles. The second-order valence-corrected chi connectivity index (χ2v) is 4.31. The summed E-state index contributed by atoms with van der Waals surface area (Å²) in [7, 11) is 0. The molecule has 20 heavy (non-hydrogen) atoms. The first-order valence-corrected chi connectivity index (χ1v) is 5.95. The van der Waals surface area contributed by atoms with Crippen molar-refractivity contribution in [2.24, 2.45) is 0 Å². The Morgan fingerprint density at radius 1 is 1.50 bits per heavy atom. The number of nitrogens with zero attached hydrogens (tertiary/aromatic N) is 6. The highest BCUT2D eigenvalue weighted by molar-refractivity contribution is 5.90. The molecule has 1 aliphatic heterocycles. The average molecular weight is 277 g/mol. The summed E-state index contributed by atoms with van der Waals surface area (Å²) < 4.78 is 1.43. The summed E-state index contributed by atoms with van der Waals surface area (Å²) in [6, 6.07) is -0.808. The first-order valence-electron chi connectivity index (χ1n) is 5.95. The molecule has 2 N–H and O–H groups in total. The highest BCUT2D eigenvalue weighted by Gasteiger charge is 2.33. The van der Waals surface area contributed by atoms with Crippen LogP contribution in [0.25, 0.3) is 5.65 Å². The maximum atomic E-state index is 11.9. The van der Waals surface area contributed by atoms with E-state index in [0.29, 0.717) is 24.6 Å². The Labute approximate surface area is 112 Å². The second kappa shape index (κ2) is 4.72. The number of hydrogen-bond acceptors (Lipinski definition) is 7. The second-order valence-electron chi connectivity index (χ2n) is 4.31. The fourth-order valence-electron chi connectivity index (χ4n) is 2.22. The van der Waals surface area contributed by atoms with Crippen molar-refractivity contribution in [3.8, 4) is 0 Å². The number of carbonyl (C=O) groups excluding carboxylic acids is 1. The number of rotatable bonds is 3. The maximum Gasteiger partial charge on any atom is 0.305 e. The van der Waals surface area contributed by atoms with Gasteiger partial charge in [0.05, 0.1) is 18.8 Å². The molecule has 2 aromatic heterocycles. The highest BCUT2D eigenvalue weighted by atomic mass is 16.4. The number of carboxylic acids is 1. The van der Waals surface area contributed by atoms with Crippen LogP contribution < -0.4 is 10.2 Å². The van der Waals surface area contributed by atoms with E-state index in [0.717, 1.165) is 0 Å². The minimum atomic E-state index is -1.05. The van der Waals surface area contributed by atoms with E-state index < -0.39 is 12.0 Å². The van der Waals surface area contributed by atoms with E-state index in [4.69, 9.17) is 5.11 Å². The lowest BCUT2D eigenvalue weighted by molar-refractivity contribution is -0.139. The molecular formula is C10H11N7O3. The minimum Gasteiger partial charge on any atom is -0.481 e. The van der Waals surface area contributed by atoms with Gasteiger partial charge in [-0.25, -0.2) is 0 Å². The molecule has 1 atom stereocenters. The Balaban J connectivity index is 2.03. The summed E-state index contributed by atoms with van der Waals surface area (Å²) in [5.41, 5.74) is 0.433. The van der Waals surface area contributed by atoms with Crippen molar-refractivity contribution in [2.75, 3.05) is 18.0 Å². The Morgan fingerprint density at radius 3 is 3.15 bits per heavy atom. The van der Waals surface area contributed by atoms with E-state index in [1.165, 1.54) is 16.9 Å². The molecule has 0 saturated carbocycles. The molecular weight excluding hydrogens is 266 g/mol. The first-order chi connectivity index (χ1) is 9.66. The third kappa shape index (κ3) is 2.00. The number of piperazine rings is 1. The number of aromatic nitrogens is 5. The van der Waals surface area contributed by atoms with Gasteiger partial charge in [0.15, 0.2) is 11.5 Å². The summed E-state index contributed by atoms with van der Waals surface area (Å²) in [6.07, 6.45) is 2.70. The van der Waals surface area contributed by atoms with Crippen molar-refractivity contribution in [1.29, 1.82) is 0 Å². The summed E-state index contributed by atoms with van der Waals surface area (Å²) in [5, 5.41) is 22.7. The van der Waals surface area contributed by atoms with Crippen LogP contribution in [0, 0.1) is 0 Å². The van der Waals surface area contributed by atoms with E-state index in [2.05, 4.69) is 25.8 Å². The van der Waals surface area contributed by atoms with Gasteiger partial charge in [0.2, 0.25) is 5.91 Å². The standard InChI is InChI=1S/C10H11N7O3/c18-9(19)3-6-10(20)12-1-2-16(6)8-5-11-4-7-13-14-15-17(7)8/h4-6H,1-3H2,(H,12,20)(H,18,19). The Bertz CT molecular complexity index is 670. The van der Waals surface area contributed by atoms with Crippen molar-refractivity contribution in [2.45, 2.75) is 12.5 Å². The predicted octanol–water partition coefficient (Wildman–Crippen LogP) is -1.70. The molecule has 0 bridgehead atoms. The van der Waals surface area contributed by atoms with E-state index in [-0.39, 0.29) is 12.3 Å². The zero-order chi connectivity index (χ0) is 14.1. The molecule has 10 heteroatoms. The van der Waals surface area contributed by atoms with Crippen LogP contribution in [-0.2, 0) is 9.59 Å². The van der Waals surface area contributed by atoms with Crippen molar-refractivity contribution < 1.29 is 14.7 Å². The van der Waals surface area contributed by atoms with Crippen molar-refractivity contribution in [3.05, 3.63) is 12.4 Å². The fourth-order valence-corrected chi connectivity index (χ4v) is 2.22. The lowest BCUT2D eigenvalue weighted by Gasteiger charge is -2.35. The van der Waals surface area contributed by atoms with E-state index >= 15 is 0 Å². The molecule has 0 radical (unpaired) electrons. The third-order valence-electron chi connectivity index (χ3n) is 3.08. The van der Waals surface area contributed by atoms with Crippen LogP contribution in [0.4, 0.5) is 5.82 Å². The third-order valence-corrected chi connectivity index (χ3v) is 3.08. The first kappa shape index (κ1) is 12.3. The molecule has 1 amide bonds. The molecule has 2 aromatic rings. The molecule has 104 valence electrons. The van der Waals surface area contributed by atoms with Gasteiger partial charge in [-0.15, -0.1) is 5.10 Å². The number of carbonyl (C=O) groups is 2. The van der Waals surface area contributed by atoms with Crippen molar-refractivity contribution >= 4 is 23.3 Å². The van der Waals surface area contributed by atoms with Gasteiger partial charge in [0.25, 0.3) is 0 Å². The van der Waals surface area contributed by atoms with Crippen LogP contribution in [0.3, 0.4) is 0 Å². The lowest BCUT2D eigenvalue weighted by atomic mass is 10.1. The topological polar surface area (TPSA) is 126 Å². The van der Waals surface area contributed by atoms with E-state index in [9.17, 15) is 9.59 Å². The van der Waals surface area contributed by atoms with Crippen LogP contribution in [-0.4, -0.2) is 61.1 Å². The fraction of sp³-hybridized carbons (Fsp3) is 0.400. The average Bonchev–Trinajstić information content (AvgIpc) is 2.89. The van der Waals surface area contributed by atoms with Gasteiger partial charge in [-0.2, -0.15) is 4.52 Å². The number of fused-ring (bicyclic) bond motifs is 1. The molecule has 0 aliphatic carbocycles. The quantitative estimate of drug-likeness (QED) is 0.680. The highest BCUT2D eigenvalue weighted by Crippen LogP contribution is 2.19. The smallest absolute Gasteiger partial charge is 0.305 e. The molecule has 1 fully saturated rings. The molecule has 1 aliphatic rings. The SMILES string of the molecule is O=C(O)CC1C(=O)NCCN1c1cncc2nnnn12. The van der Waals surface area contributed by atoms with Crippen LogP contribution in [0.5, 0.6) is 0 Å². The number of anilines is 1. The number of nitrogens with one attached hydrogen (secondary N) is 1. The van der Waals surface area contributed by atoms with Crippen LogP contribution in [0.1, 0.15) is 6.42 Å². The number of carboxylic acid groups (broad SMARTS) is 1. The van der Waals surface area contributed by atoms with Gasteiger partial charge in [0, 0.05) is 13.1 Å². The van der Waals surface area contributed by atoms with Crippen molar-refractivity contribution in [1.82, 2.24) is 30.3 Å². The molecule has 0 aromatic carbocycles. The number of amides is 1. The number of aliphatic carboxylic acids is 1. The Kier molecular flexibility index (Phi) is 2.89. The maximum absolute atomic E-state index is 11.9.